The third-order valence-corrected chi connectivity index (χ3v) is 9.30. The highest BCUT2D eigenvalue weighted by Gasteiger charge is 2.38. The second kappa shape index (κ2) is 9.32. The first-order valence-electron chi connectivity index (χ1n) is 12.6. The predicted octanol–water partition coefficient (Wildman–Crippen LogP) is 10.9. The third-order valence-electron chi connectivity index (χ3n) is 7.98. The molecule has 0 heterocycles. The van der Waals surface area contributed by atoms with Crippen LogP contribution in [-0.2, 0) is 0 Å². The minimum atomic E-state index is 0.374. The van der Waals surface area contributed by atoms with Crippen LogP contribution in [0.5, 0.6) is 0 Å². The van der Waals surface area contributed by atoms with E-state index in [0.717, 1.165) is 0 Å². The molecule has 2 atom stereocenters. The summed E-state index contributed by atoms with van der Waals surface area (Å²) in [5, 5.41) is 0. The summed E-state index contributed by atoms with van der Waals surface area (Å²) in [4.78, 5) is 0. The quantitative estimate of drug-likeness (QED) is 0.220. The van der Waals surface area contributed by atoms with Gasteiger partial charge < -0.3 is 0 Å². The summed E-state index contributed by atoms with van der Waals surface area (Å²) in [6.07, 6.45) is 4.78. The average Bonchev–Trinajstić information content (AvgIpc) is 3.41. The zero-order valence-electron chi connectivity index (χ0n) is 20.7. The lowest BCUT2D eigenvalue weighted by Crippen LogP contribution is -2.18. The van der Waals surface area contributed by atoms with Gasteiger partial charge in [0.05, 0.1) is 0 Å². The van der Waals surface area contributed by atoms with Gasteiger partial charge in [0.25, 0.3) is 0 Å². The van der Waals surface area contributed by atoms with Crippen LogP contribution in [0.3, 0.4) is 0 Å². The summed E-state index contributed by atoms with van der Waals surface area (Å²) in [5.74, 6) is 1.17. The Hall–Kier alpha value is -2.68. The molecule has 0 amide bonds. The molecule has 2 aliphatic carbocycles. The zero-order chi connectivity index (χ0) is 25.0. The molecule has 0 fully saturated rings. The molecule has 0 radical (unpaired) electrons. The van der Waals surface area contributed by atoms with Crippen molar-refractivity contribution in [2.24, 2.45) is 5.92 Å². The summed E-state index contributed by atoms with van der Waals surface area (Å²) in [6, 6.07) is 30.8. The summed E-state index contributed by atoms with van der Waals surface area (Å²) in [5.41, 5.74) is 13.5. The first kappa shape index (κ1) is 23.7. The van der Waals surface area contributed by atoms with Gasteiger partial charge in [0.1, 0.15) is 0 Å². The minimum Gasteiger partial charge on any atom is -0.0649 e. The van der Waals surface area contributed by atoms with E-state index >= 15 is 0 Å². The van der Waals surface area contributed by atoms with Crippen LogP contribution in [0, 0.1) is 5.92 Å². The van der Waals surface area contributed by atoms with Crippen LogP contribution in [0.1, 0.15) is 54.9 Å². The maximum absolute atomic E-state index is 3.90. The molecule has 0 aliphatic heterocycles. The summed E-state index contributed by atoms with van der Waals surface area (Å²) in [7, 11) is 0. The minimum absolute atomic E-state index is 0.374. The van der Waals surface area contributed by atoms with Crippen molar-refractivity contribution in [3.05, 3.63) is 127 Å². The van der Waals surface area contributed by atoms with Crippen LogP contribution in [0.25, 0.3) is 34.4 Å². The Bertz CT molecular complexity index is 1410. The first-order valence-corrected chi connectivity index (χ1v) is 14.1. The maximum Gasteiger partial charge on any atom is 0.0256 e. The first-order chi connectivity index (χ1) is 17.4. The second-order valence-corrected chi connectivity index (χ2v) is 12.0. The molecule has 2 heteroatoms. The van der Waals surface area contributed by atoms with Crippen molar-refractivity contribution in [3.63, 3.8) is 0 Å². The number of allylic oxidation sites excluding steroid dienone is 2. The van der Waals surface area contributed by atoms with Crippen LogP contribution in [-0.4, -0.2) is 0 Å². The van der Waals surface area contributed by atoms with Crippen molar-refractivity contribution >= 4 is 44.0 Å². The summed E-state index contributed by atoms with van der Waals surface area (Å²) >= 11 is 7.81. The lowest BCUT2D eigenvalue weighted by molar-refractivity contribution is 0.455. The van der Waals surface area contributed by atoms with E-state index in [9.17, 15) is 0 Å². The van der Waals surface area contributed by atoms with Crippen LogP contribution >= 0.6 is 31.9 Å². The highest BCUT2D eigenvalue weighted by molar-refractivity contribution is 9.10. The van der Waals surface area contributed by atoms with Gasteiger partial charge in [-0.05, 0) is 88.5 Å². The van der Waals surface area contributed by atoms with Gasteiger partial charge in [0.2, 0.25) is 0 Å². The Balaban J connectivity index is 1.44. The van der Waals surface area contributed by atoms with Gasteiger partial charge in [-0.3, -0.25) is 0 Å². The second-order valence-electron chi connectivity index (χ2n) is 10.2. The number of fused-ring (bicyclic) bond motifs is 2. The molecule has 6 rings (SSSR count). The fourth-order valence-electron chi connectivity index (χ4n) is 6.41. The standard InChI is InChI=1S/C34H28Br2/c1-20-14-27-29(16-25(18-31(27)35)23-10-6-4-7-11-23)33(20)22(3)34-21(2)15-28-30(34)17-26(19-32(28)36)24-12-8-5-9-13-24/h4-19,22,33-34H,1-3H3. The highest BCUT2D eigenvalue weighted by Crippen LogP contribution is 2.54. The fourth-order valence-corrected chi connectivity index (χ4v) is 7.59. The Kier molecular flexibility index (Phi) is 6.14. The number of hydrogen-bond donors (Lipinski definition) is 0. The molecule has 0 aromatic heterocycles. The maximum atomic E-state index is 3.90. The van der Waals surface area contributed by atoms with Gasteiger partial charge in [0, 0.05) is 20.8 Å². The van der Waals surface area contributed by atoms with E-state index in [0.29, 0.717) is 17.8 Å². The van der Waals surface area contributed by atoms with Gasteiger partial charge in [-0.25, -0.2) is 0 Å². The van der Waals surface area contributed by atoms with Gasteiger partial charge in [-0.2, -0.15) is 0 Å². The van der Waals surface area contributed by atoms with Crippen molar-refractivity contribution in [1.82, 2.24) is 0 Å². The zero-order valence-corrected chi connectivity index (χ0v) is 23.9. The molecule has 36 heavy (non-hydrogen) atoms. The van der Waals surface area contributed by atoms with Gasteiger partial charge in [-0.15, -0.1) is 0 Å². The van der Waals surface area contributed by atoms with Crippen LogP contribution in [0.2, 0.25) is 0 Å². The molecule has 0 nitrogen and oxygen atoms in total. The van der Waals surface area contributed by atoms with Crippen LogP contribution < -0.4 is 0 Å². The Morgan fingerprint density at radius 1 is 0.556 bits per heavy atom. The van der Waals surface area contributed by atoms with Gasteiger partial charge >= 0.3 is 0 Å². The smallest absolute Gasteiger partial charge is 0.0256 e. The third kappa shape index (κ3) is 3.96. The van der Waals surface area contributed by atoms with Crippen molar-refractivity contribution in [2.75, 3.05) is 0 Å². The van der Waals surface area contributed by atoms with E-state index in [1.54, 1.807) is 0 Å². The Labute approximate surface area is 231 Å². The molecular formula is C34H28Br2. The fraction of sp³-hybridized carbons (Fsp3) is 0.176. The van der Waals surface area contributed by atoms with Crippen molar-refractivity contribution < 1.29 is 0 Å². The Morgan fingerprint density at radius 2 is 0.944 bits per heavy atom. The number of halogens is 2. The molecule has 0 spiro atoms. The SMILES string of the molecule is CC1=Cc2c(Br)cc(-c3ccccc3)cc2C1C(C)C1C(C)=Cc2c(Br)cc(-c3ccccc3)cc21. The monoisotopic (exact) mass is 594 g/mol. The molecule has 2 aliphatic rings. The normalized spacial score (nSPS) is 18.9. The summed E-state index contributed by atoms with van der Waals surface area (Å²) in [6.45, 7) is 7.06. The Morgan fingerprint density at radius 3 is 1.33 bits per heavy atom. The van der Waals surface area contributed by atoms with Crippen LogP contribution in [0.15, 0.2) is 105 Å². The molecule has 4 aromatic carbocycles. The lowest BCUT2D eigenvalue weighted by atomic mass is 9.73. The van der Waals surface area contributed by atoms with E-state index < -0.39 is 0 Å². The van der Waals surface area contributed by atoms with Crippen molar-refractivity contribution in [2.45, 2.75) is 32.6 Å². The van der Waals surface area contributed by atoms with Gasteiger partial charge in [0.15, 0.2) is 0 Å². The molecule has 0 N–H and O–H groups in total. The van der Waals surface area contributed by atoms with E-state index in [2.05, 4.69) is 150 Å². The molecule has 4 aromatic rings. The van der Waals surface area contributed by atoms with E-state index in [1.807, 2.05) is 0 Å². The molecule has 178 valence electrons. The van der Waals surface area contributed by atoms with Gasteiger partial charge in [-0.1, -0.05) is 123 Å². The highest BCUT2D eigenvalue weighted by atomic mass is 79.9. The topological polar surface area (TPSA) is 0 Å². The van der Waals surface area contributed by atoms with Crippen molar-refractivity contribution in [3.8, 4) is 22.3 Å². The molecular weight excluding hydrogens is 568 g/mol. The van der Waals surface area contributed by atoms with Crippen LogP contribution in [0.4, 0.5) is 0 Å². The number of hydrogen-bond acceptors (Lipinski definition) is 0. The molecule has 2 unspecified atom stereocenters. The lowest BCUT2D eigenvalue weighted by Gasteiger charge is -2.31. The van der Waals surface area contributed by atoms with Crippen molar-refractivity contribution in [1.29, 1.82) is 0 Å². The van der Waals surface area contributed by atoms with E-state index in [1.165, 1.54) is 64.6 Å². The van der Waals surface area contributed by atoms with E-state index in [4.69, 9.17) is 0 Å². The molecule has 0 saturated carbocycles. The predicted molar refractivity (Wildman–Crippen MR) is 161 cm³/mol. The van der Waals surface area contributed by atoms with E-state index in [-0.39, 0.29) is 0 Å². The molecule has 0 bridgehead atoms. The number of benzene rings is 4. The largest absolute Gasteiger partial charge is 0.0649 e. The number of rotatable bonds is 4. The molecule has 0 saturated heterocycles. The average molecular weight is 596 g/mol. The summed E-state index contributed by atoms with van der Waals surface area (Å²) < 4.78 is 2.36.